The van der Waals surface area contributed by atoms with E-state index in [0.717, 1.165) is 5.56 Å². The van der Waals surface area contributed by atoms with Gasteiger partial charge in [-0.2, -0.15) is 0 Å². The van der Waals surface area contributed by atoms with Crippen molar-refractivity contribution in [3.8, 4) is 0 Å². The molecule has 0 N–H and O–H groups in total. The van der Waals surface area contributed by atoms with Crippen LogP contribution in [0.15, 0.2) is 74.6 Å². The Hall–Kier alpha value is -0.730. The minimum atomic E-state index is -3.37. The first-order valence-electron chi connectivity index (χ1n) is 10.5. The van der Waals surface area contributed by atoms with E-state index >= 15 is 0 Å². The minimum Gasteiger partial charge on any atom is -0.147 e. The molecule has 0 aliphatic heterocycles. The van der Waals surface area contributed by atoms with Crippen LogP contribution < -0.4 is 0 Å². The fourth-order valence-electron chi connectivity index (χ4n) is 5.87. The molecule has 0 amide bonds. The average Bonchev–Trinajstić information content (AvgIpc) is 3.16. The van der Waals surface area contributed by atoms with Crippen LogP contribution in [0.2, 0.25) is 9.26 Å². The van der Waals surface area contributed by atoms with Crippen molar-refractivity contribution in [1.82, 2.24) is 0 Å². The standard InChI is InChI=1S/C15H10F.C9H13.2CH3.2ClH.H2Si.Zr/c16-13-8-5-12(6-9-13)15-10-7-11-3-1-2-4-14(11)15;1-6-5-7(2)9(4)8(6)3;;;;;;/h1-10H;6H,1-4H3;2*1H3;2*1H;1H2;. The van der Waals surface area contributed by atoms with Crippen LogP contribution in [0.3, 0.4) is 0 Å². The van der Waals surface area contributed by atoms with E-state index in [1.54, 1.807) is 26.6 Å². The second-order valence-corrected chi connectivity index (χ2v) is 39.6. The quantitative estimate of drug-likeness (QED) is 0.340. The number of hydrogen-bond acceptors (Lipinski definition) is 0. The summed E-state index contributed by atoms with van der Waals surface area (Å²) in [6.45, 7) is 11.7. The number of benzene rings is 2. The molecule has 31 heavy (non-hydrogen) atoms. The van der Waals surface area contributed by atoms with Crippen LogP contribution in [0.25, 0.3) is 5.57 Å². The van der Waals surface area contributed by atoms with Crippen molar-refractivity contribution in [1.29, 1.82) is 0 Å². The van der Waals surface area contributed by atoms with Gasteiger partial charge in [0.05, 0.1) is 0 Å². The van der Waals surface area contributed by atoms with E-state index in [0.29, 0.717) is 9.54 Å². The van der Waals surface area contributed by atoms with E-state index in [9.17, 15) is 4.39 Å². The van der Waals surface area contributed by atoms with Crippen LogP contribution >= 0.6 is 24.8 Å². The average molecular weight is 555 g/mol. The molecule has 2 aromatic carbocycles. The van der Waals surface area contributed by atoms with E-state index in [2.05, 4.69) is 74.2 Å². The first-order chi connectivity index (χ1) is 13.5. The summed E-state index contributed by atoms with van der Waals surface area (Å²) in [7, 11) is 0. The Bertz CT molecular complexity index is 1180. The zero-order chi connectivity index (χ0) is 21.2. The molecule has 0 saturated heterocycles. The molecule has 2 aliphatic carbocycles. The minimum absolute atomic E-state index is 0. The van der Waals surface area contributed by atoms with Gasteiger partial charge in [-0.25, -0.2) is 0 Å². The Morgan fingerprint density at radius 3 is 2.00 bits per heavy atom. The van der Waals surface area contributed by atoms with Gasteiger partial charge < -0.3 is 0 Å². The number of halogens is 3. The Kier molecular flexibility index (Phi) is 7.61. The topological polar surface area (TPSA) is 0 Å². The fraction of sp³-hybridized carbons (Fsp3) is 0.308. The van der Waals surface area contributed by atoms with Crippen molar-refractivity contribution in [2.75, 3.05) is 0 Å². The molecule has 2 aromatic rings. The summed E-state index contributed by atoms with van der Waals surface area (Å²) in [5.41, 5.74) is 9.76. The molecule has 0 saturated carbocycles. The second-order valence-electron chi connectivity index (χ2n) is 10.0. The monoisotopic (exact) mass is 552 g/mol. The molecule has 2 unspecified atom stereocenters. The predicted molar refractivity (Wildman–Crippen MR) is 138 cm³/mol. The summed E-state index contributed by atoms with van der Waals surface area (Å²) in [6, 6.07) is 15.9. The third-order valence-electron chi connectivity index (χ3n) is 7.60. The molecule has 0 nitrogen and oxygen atoms in total. The summed E-state index contributed by atoms with van der Waals surface area (Å²) in [5, 5.41) is 0. The van der Waals surface area contributed by atoms with Crippen molar-refractivity contribution in [3.63, 3.8) is 0 Å². The third kappa shape index (κ3) is 4.17. The molecule has 0 fully saturated rings. The van der Waals surface area contributed by atoms with Gasteiger partial charge in [-0.05, 0) is 0 Å². The molecule has 4 rings (SSSR count). The van der Waals surface area contributed by atoms with E-state index in [4.69, 9.17) is 0 Å². The van der Waals surface area contributed by atoms with Crippen LogP contribution in [0, 0.1) is 11.7 Å². The first kappa shape index (κ1) is 26.5. The molecular weight excluding hydrogens is 522 g/mol. The maximum absolute atomic E-state index is 13.5. The van der Waals surface area contributed by atoms with Crippen molar-refractivity contribution in [2.24, 2.45) is 5.92 Å². The second kappa shape index (κ2) is 8.90. The molecule has 5 heteroatoms. The van der Waals surface area contributed by atoms with Crippen molar-refractivity contribution in [2.45, 2.75) is 40.6 Å². The molecular formula is C26H33Cl2FSiZr. The Morgan fingerprint density at radius 2 is 1.45 bits per heavy atom. The predicted octanol–water partition coefficient (Wildman–Crippen LogP) is 7.75. The molecule has 0 radical (unpaired) electrons. The smallest absolute Gasteiger partial charge is 0.147 e. The third-order valence-corrected chi connectivity index (χ3v) is 24.9. The van der Waals surface area contributed by atoms with Crippen molar-refractivity contribution in [3.05, 3.63) is 97.1 Å². The molecule has 0 spiro atoms. The van der Waals surface area contributed by atoms with E-state index in [1.807, 2.05) is 12.1 Å². The van der Waals surface area contributed by atoms with Gasteiger partial charge >= 0.3 is 178 Å². The summed E-state index contributed by atoms with van der Waals surface area (Å²) >= 11 is -3.37. The molecule has 166 valence electrons. The van der Waals surface area contributed by atoms with Gasteiger partial charge in [-0.1, -0.05) is 0 Å². The van der Waals surface area contributed by atoms with Gasteiger partial charge in [0, 0.05) is 0 Å². The van der Waals surface area contributed by atoms with Gasteiger partial charge in [0.1, 0.15) is 0 Å². The molecule has 0 aromatic heterocycles. The van der Waals surface area contributed by atoms with Crippen molar-refractivity contribution < 1.29 is 21.8 Å². The van der Waals surface area contributed by atoms with Crippen LogP contribution in [0.5, 0.6) is 0 Å². The van der Waals surface area contributed by atoms with E-state index in [1.165, 1.54) is 22.3 Å². The normalized spacial score (nSPS) is 20.8. The number of hydrogen-bond donors (Lipinski definition) is 0. The van der Waals surface area contributed by atoms with Gasteiger partial charge in [0.15, 0.2) is 0 Å². The van der Waals surface area contributed by atoms with Crippen LogP contribution in [-0.2, 0) is 17.4 Å². The number of fused-ring (bicyclic) bond motifs is 1. The Morgan fingerprint density at radius 1 is 0.871 bits per heavy atom. The largest absolute Gasteiger partial charge is 0.147 e. The van der Waals surface area contributed by atoms with Crippen LogP contribution in [-0.4, -0.2) is 6.88 Å². The van der Waals surface area contributed by atoms with Gasteiger partial charge in [-0.15, -0.1) is 24.8 Å². The van der Waals surface area contributed by atoms with E-state index in [-0.39, 0.29) is 30.6 Å². The Labute approximate surface area is 201 Å². The van der Waals surface area contributed by atoms with Crippen LogP contribution in [0.4, 0.5) is 4.39 Å². The summed E-state index contributed by atoms with van der Waals surface area (Å²) in [6.07, 6.45) is 2.52. The van der Waals surface area contributed by atoms with Crippen LogP contribution in [0.1, 0.15) is 48.0 Å². The van der Waals surface area contributed by atoms with Gasteiger partial charge in [0.25, 0.3) is 0 Å². The van der Waals surface area contributed by atoms with Gasteiger partial charge in [-0.3, -0.25) is 0 Å². The molecule has 2 atom stereocenters. The number of allylic oxidation sites excluding steroid dienone is 5. The summed E-state index contributed by atoms with van der Waals surface area (Å²) in [4.78, 5) is 0. The summed E-state index contributed by atoms with van der Waals surface area (Å²) in [5.74, 6) is 0.367. The SMILES string of the molecule is CC1=C(C)C(C)[C]([Zr]([CH3])([CH3])(=[SiH2])[CH]2C=C(c3ccc(F)cc3)c3ccccc32)=C1C.Cl.Cl. The van der Waals surface area contributed by atoms with Gasteiger partial charge in [0.2, 0.25) is 0 Å². The Balaban J connectivity index is 0.00000171. The maximum atomic E-state index is 13.5. The molecule has 0 heterocycles. The first-order valence-corrected chi connectivity index (χ1v) is 24.0. The number of rotatable bonds is 3. The maximum Gasteiger partial charge on any atom is -0.147 e. The fourth-order valence-corrected chi connectivity index (χ4v) is 24.4. The van der Waals surface area contributed by atoms with E-state index < -0.39 is 17.4 Å². The zero-order valence-electron chi connectivity index (χ0n) is 19.3. The molecule has 0 bridgehead atoms. The summed E-state index contributed by atoms with van der Waals surface area (Å²) < 4.78 is 21.0. The molecule has 2 aliphatic rings. The van der Waals surface area contributed by atoms with Crippen molar-refractivity contribution >= 4 is 37.3 Å². The zero-order valence-corrected chi connectivity index (χ0v) is 24.8.